The van der Waals surface area contributed by atoms with Gasteiger partial charge < -0.3 is 14.8 Å². The quantitative estimate of drug-likeness (QED) is 0.873. The predicted molar refractivity (Wildman–Crippen MR) is 64.0 cm³/mol. The van der Waals surface area contributed by atoms with Crippen LogP contribution in [0.4, 0.5) is 8.78 Å². The Hall–Kier alpha value is -1.20. The standard InChI is InChI=1S/C13H17F2NO2/c1-16-4-3-13(7-18-8-13)9-5-11(15)12(17-2)6-10(9)14/h5-6,16H,3-4,7-8H2,1-2H3. The number of rotatable bonds is 5. The van der Waals surface area contributed by atoms with Gasteiger partial charge in [0.2, 0.25) is 0 Å². The van der Waals surface area contributed by atoms with E-state index in [1.807, 2.05) is 7.05 Å². The van der Waals surface area contributed by atoms with Gasteiger partial charge in [0.05, 0.1) is 20.3 Å². The molecule has 0 atom stereocenters. The molecule has 100 valence electrons. The highest BCUT2D eigenvalue weighted by Gasteiger charge is 2.42. The first kappa shape index (κ1) is 13.2. The Bertz CT molecular complexity index is 433. The zero-order valence-corrected chi connectivity index (χ0v) is 10.6. The van der Waals surface area contributed by atoms with E-state index < -0.39 is 17.0 Å². The third-order valence-corrected chi connectivity index (χ3v) is 3.42. The number of ether oxygens (including phenoxy) is 2. The molecule has 0 saturated carbocycles. The molecule has 2 rings (SSSR count). The van der Waals surface area contributed by atoms with Gasteiger partial charge in [-0.3, -0.25) is 0 Å². The summed E-state index contributed by atoms with van der Waals surface area (Å²) in [6.45, 7) is 1.59. The number of benzene rings is 1. The third kappa shape index (κ3) is 2.20. The largest absolute Gasteiger partial charge is 0.494 e. The molecule has 3 nitrogen and oxygen atoms in total. The molecule has 0 aromatic heterocycles. The van der Waals surface area contributed by atoms with Crippen molar-refractivity contribution in [3.63, 3.8) is 0 Å². The van der Waals surface area contributed by atoms with Gasteiger partial charge in [-0.15, -0.1) is 0 Å². The van der Waals surface area contributed by atoms with Crippen LogP contribution in [0.1, 0.15) is 12.0 Å². The first-order valence-electron chi connectivity index (χ1n) is 5.89. The average Bonchev–Trinajstić information content (AvgIpc) is 2.31. The fourth-order valence-electron chi connectivity index (χ4n) is 2.24. The van der Waals surface area contributed by atoms with Gasteiger partial charge in [0.1, 0.15) is 5.82 Å². The van der Waals surface area contributed by atoms with E-state index >= 15 is 0 Å². The molecule has 1 aliphatic rings. The van der Waals surface area contributed by atoms with Crippen LogP contribution < -0.4 is 10.1 Å². The van der Waals surface area contributed by atoms with Crippen molar-refractivity contribution < 1.29 is 18.3 Å². The van der Waals surface area contributed by atoms with Crippen LogP contribution in [0.2, 0.25) is 0 Å². The van der Waals surface area contributed by atoms with Crippen molar-refractivity contribution in [1.29, 1.82) is 0 Å². The number of halogens is 2. The van der Waals surface area contributed by atoms with Gasteiger partial charge in [-0.05, 0) is 26.1 Å². The summed E-state index contributed by atoms with van der Waals surface area (Å²) in [6, 6.07) is 2.33. The molecule has 0 bridgehead atoms. The molecule has 1 aromatic rings. The highest BCUT2D eigenvalue weighted by molar-refractivity contribution is 5.37. The van der Waals surface area contributed by atoms with E-state index in [2.05, 4.69) is 5.32 Å². The maximum Gasteiger partial charge on any atom is 0.165 e. The summed E-state index contributed by atoms with van der Waals surface area (Å²) in [4.78, 5) is 0. The summed E-state index contributed by atoms with van der Waals surface area (Å²) in [7, 11) is 3.15. The molecule has 1 fully saturated rings. The van der Waals surface area contributed by atoms with E-state index in [1.54, 1.807) is 0 Å². The molecule has 1 N–H and O–H groups in total. The normalized spacial score (nSPS) is 17.3. The van der Waals surface area contributed by atoms with Gasteiger partial charge >= 0.3 is 0 Å². The molecule has 0 spiro atoms. The summed E-state index contributed by atoms with van der Waals surface area (Å²) in [5.41, 5.74) is -0.0393. The maximum atomic E-state index is 14.0. The molecular weight excluding hydrogens is 240 g/mol. The fourth-order valence-corrected chi connectivity index (χ4v) is 2.24. The van der Waals surface area contributed by atoms with Gasteiger partial charge in [0.25, 0.3) is 0 Å². The lowest BCUT2D eigenvalue weighted by Crippen LogP contribution is -2.49. The Morgan fingerprint density at radius 1 is 1.33 bits per heavy atom. The Morgan fingerprint density at radius 3 is 2.56 bits per heavy atom. The van der Waals surface area contributed by atoms with Gasteiger partial charge in [0.15, 0.2) is 11.6 Å². The Balaban J connectivity index is 2.34. The summed E-state index contributed by atoms with van der Waals surface area (Å²) in [5, 5.41) is 3.02. The summed E-state index contributed by atoms with van der Waals surface area (Å²) >= 11 is 0. The molecule has 1 aromatic carbocycles. The first-order valence-corrected chi connectivity index (χ1v) is 5.89. The molecule has 18 heavy (non-hydrogen) atoms. The minimum Gasteiger partial charge on any atom is -0.494 e. The second kappa shape index (κ2) is 5.20. The second-order valence-corrected chi connectivity index (χ2v) is 4.59. The summed E-state index contributed by atoms with van der Waals surface area (Å²) in [5.74, 6) is -1.04. The van der Waals surface area contributed by atoms with Crippen LogP contribution in [-0.2, 0) is 10.2 Å². The molecule has 1 heterocycles. The van der Waals surface area contributed by atoms with Crippen LogP contribution in [0.5, 0.6) is 5.75 Å². The lowest BCUT2D eigenvalue weighted by Gasteiger charge is -2.42. The molecule has 1 saturated heterocycles. The van der Waals surface area contributed by atoms with Gasteiger partial charge in [-0.1, -0.05) is 0 Å². The SMILES string of the molecule is CNCCC1(c2cc(F)c(OC)cc2F)COC1. The van der Waals surface area contributed by atoms with Crippen LogP contribution in [0, 0.1) is 11.6 Å². The summed E-state index contributed by atoms with van der Waals surface area (Å²) in [6.07, 6.45) is 0.714. The fraction of sp³-hybridized carbons (Fsp3) is 0.538. The minimum absolute atomic E-state index is 0.0692. The topological polar surface area (TPSA) is 30.5 Å². The lowest BCUT2D eigenvalue weighted by atomic mass is 9.75. The summed E-state index contributed by atoms with van der Waals surface area (Å²) < 4.78 is 37.7. The van der Waals surface area contributed by atoms with Crippen molar-refractivity contribution in [2.75, 3.05) is 33.9 Å². The number of methoxy groups -OCH3 is 1. The molecule has 5 heteroatoms. The maximum absolute atomic E-state index is 14.0. The van der Waals surface area contributed by atoms with Crippen LogP contribution >= 0.6 is 0 Å². The molecule has 0 unspecified atom stereocenters. The Labute approximate surface area is 105 Å². The molecule has 0 amide bonds. The lowest BCUT2D eigenvalue weighted by molar-refractivity contribution is -0.0655. The highest BCUT2D eigenvalue weighted by atomic mass is 19.1. The van der Waals surface area contributed by atoms with E-state index in [9.17, 15) is 8.78 Å². The zero-order valence-electron chi connectivity index (χ0n) is 10.6. The van der Waals surface area contributed by atoms with Gasteiger partial charge in [-0.2, -0.15) is 0 Å². The average molecular weight is 257 g/mol. The monoisotopic (exact) mass is 257 g/mol. The van der Waals surface area contributed by atoms with Crippen LogP contribution in [0.25, 0.3) is 0 Å². The Morgan fingerprint density at radius 2 is 2.06 bits per heavy atom. The van der Waals surface area contributed by atoms with Crippen molar-refractivity contribution in [3.8, 4) is 5.75 Å². The van der Waals surface area contributed by atoms with E-state index in [-0.39, 0.29) is 5.75 Å². The van der Waals surface area contributed by atoms with E-state index in [0.29, 0.717) is 25.2 Å². The molecule has 0 radical (unpaired) electrons. The Kier molecular flexibility index (Phi) is 3.82. The van der Waals surface area contributed by atoms with Crippen molar-refractivity contribution in [3.05, 3.63) is 29.3 Å². The van der Waals surface area contributed by atoms with Crippen LogP contribution in [0.15, 0.2) is 12.1 Å². The first-order chi connectivity index (χ1) is 8.63. The van der Waals surface area contributed by atoms with Gasteiger partial charge in [0, 0.05) is 17.0 Å². The van der Waals surface area contributed by atoms with Crippen molar-refractivity contribution in [1.82, 2.24) is 5.32 Å². The number of nitrogens with one attached hydrogen (secondary N) is 1. The minimum atomic E-state index is -0.537. The third-order valence-electron chi connectivity index (χ3n) is 3.42. The zero-order chi connectivity index (χ0) is 13.2. The predicted octanol–water partition coefficient (Wildman–Crippen LogP) is 1.85. The van der Waals surface area contributed by atoms with E-state index in [4.69, 9.17) is 9.47 Å². The van der Waals surface area contributed by atoms with Crippen molar-refractivity contribution in [2.45, 2.75) is 11.8 Å². The van der Waals surface area contributed by atoms with Crippen molar-refractivity contribution in [2.24, 2.45) is 0 Å². The number of hydrogen-bond donors (Lipinski definition) is 1. The second-order valence-electron chi connectivity index (χ2n) is 4.59. The molecule has 1 aliphatic heterocycles. The van der Waals surface area contributed by atoms with E-state index in [1.165, 1.54) is 13.2 Å². The smallest absolute Gasteiger partial charge is 0.165 e. The highest BCUT2D eigenvalue weighted by Crippen LogP contribution is 2.38. The molecule has 0 aliphatic carbocycles. The van der Waals surface area contributed by atoms with Crippen LogP contribution in [-0.4, -0.2) is 33.9 Å². The van der Waals surface area contributed by atoms with Crippen LogP contribution in [0.3, 0.4) is 0 Å². The number of hydrogen-bond acceptors (Lipinski definition) is 3. The van der Waals surface area contributed by atoms with Gasteiger partial charge in [-0.25, -0.2) is 8.78 Å². The van der Waals surface area contributed by atoms with E-state index in [0.717, 1.165) is 12.6 Å². The molecular formula is C13H17F2NO2. The van der Waals surface area contributed by atoms with Crippen molar-refractivity contribution >= 4 is 0 Å².